The van der Waals surface area contributed by atoms with Gasteiger partial charge in [0, 0.05) is 5.02 Å². The van der Waals surface area contributed by atoms with Crippen LogP contribution in [0.15, 0.2) is 47.3 Å². The molecule has 1 N–H and O–H groups in total. The van der Waals surface area contributed by atoms with Gasteiger partial charge in [0.2, 0.25) is 0 Å². The zero-order chi connectivity index (χ0) is 20.8. The van der Waals surface area contributed by atoms with Gasteiger partial charge in [-0.15, -0.1) is 0 Å². The van der Waals surface area contributed by atoms with Gasteiger partial charge in [0.05, 0.1) is 12.8 Å². The van der Waals surface area contributed by atoms with Crippen molar-refractivity contribution >= 4 is 23.8 Å². The van der Waals surface area contributed by atoms with Gasteiger partial charge in [-0.05, 0) is 54.0 Å². The molecule has 0 unspecified atom stereocenters. The zero-order valence-electron chi connectivity index (χ0n) is 15.9. The molecule has 146 valence electrons. The van der Waals surface area contributed by atoms with Gasteiger partial charge >= 0.3 is 0 Å². The van der Waals surface area contributed by atoms with Crippen LogP contribution in [0.4, 0.5) is 0 Å². The van der Waals surface area contributed by atoms with E-state index in [9.17, 15) is 4.79 Å². The van der Waals surface area contributed by atoms with Gasteiger partial charge in [0.25, 0.3) is 5.56 Å². The predicted molar refractivity (Wildman–Crippen MR) is 112 cm³/mol. The predicted octanol–water partition coefficient (Wildman–Crippen LogP) is 4.36. The largest absolute Gasteiger partial charge is 0.493 e. The van der Waals surface area contributed by atoms with Crippen LogP contribution in [0.25, 0.3) is 12.2 Å². The van der Waals surface area contributed by atoms with Gasteiger partial charge in [0.1, 0.15) is 18.2 Å². The molecule has 3 rings (SSSR count). The summed E-state index contributed by atoms with van der Waals surface area (Å²) in [5.74, 6) is 1.20. The number of halogens is 1. The Morgan fingerprint density at radius 2 is 1.93 bits per heavy atom. The van der Waals surface area contributed by atoms with Crippen LogP contribution in [0.2, 0.25) is 5.02 Å². The molecule has 0 saturated heterocycles. The Hall–Kier alpha value is -3.56. The molecule has 0 amide bonds. The summed E-state index contributed by atoms with van der Waals surface area (Å²) in [6, 6.07) is 14.9. The van der Waals surface area contributed by atoms with Crippen molar-refractivity contribution in [1.82, 2.24) is 10.2 Å². The third-order valence-corrected chi connectivity index (χ3v) is 4.56. The summed E-state index contributed by atoms with van der Waals surface area (Å²) in [7, 11) is 1.57. The van der Waals surface area contributed by atoms with Gasteiger partial charge in [-0.25, -0.2) is 5.10 Å². The normalized spacial score (nSPS) is 10.7. The topological polar surface area (TPSA) is 88.0 Å². The Kier molecular flexibility index (Phi) is 6.32. The molecular formula is C22H18ClN3O3. The summed E-state index contributed by atoms with van der Waals surface area (Å²) < 4.78 is 11.3. The molecule has 6 nitrogen and oxygen atoms in total. The maximum absolute atomic E-state index is 11.6. The quantitative estimate of drug-likeness (QED) is 0.655. The van der Waals surface area contributed by atoms with E-state index in [4.69, 9.17) is 26.3 Å². The third kappa shape index (κ3) is 4.84. The number of aromatic amines is 1. The van der Waals surface area contributed by atoms with E-state index in [1.54, 1.807) is 20.1 Å². The third-order valence-electron chi connectivity index (χ3n) is 4.30. The van der Waals surface area contributed by atoms with Crippen LogP contribution in [-0.4, -0.2) is 17.3 Å². The molecule has 7 heteroatoms. The van der Waals surface area contributed by atoms with Crippen LogP contribution in [0, 0.1) is 18.3 Å². The highest BCUT2D eigenvalue weighted by Gasteiger charge is 2.08. The van der Waals surface area contributed by atoms with Crippen LogP contribution in [0.3, 0.4) is 0 Å². The number of ether oxygens (including phenoxy) is 2. The minimum Gasteiger partial charge on any atom is -0.493 e. The minimum absolute atomic E-state index is 0.0585. The monoisotopic (exact) mass is 407 g/mol. The SMILES string of the molecule is COc1cc(C=Cc2n[nH]c(=O)c(C#N)c2C)ccc1OCc1ccc(Cl)cc1. The Morgan fingerprint density at radius 3 is 2.62 bits per heavy atom. The van der Waals surface area contributed by atoms with Gasteiger partial charge in [-0.1, -0.05) is 35.9 Å². The van der Waals surface area contributed by atoms with Crippen molar-refractivity contribution in [2.75, 3.05) is 7.11 Å². The van der Waals surface area contributed by atoms with Crippen molar-refractivity contribution in [3.8, 4) is 17.6 Å². The fourth-order valence-corrected chi connectivity index (χ4v) is 2.80. The van der Waals surface area contributed by atoms with Gasteiger partial charge < -0.3 is 9.47 Å². The molecule has 0 aliphatic rings. The fourth-order valence-electron chi connectivity index (χ4n) is 2.67. The number of nitrogens with one attached hydrogen (secondary N) is 1. The Balaban J connectivity index is 1.78. The molecule has 0 aliphatic heterocycles. The highest BCUT2D eigenvalue weighted by Crippen LogP contribution is 2.29. The molecule has 0 bridgehead atoms. The summed E-state index contributed by atoms with van der Waals surface area (Å²) in [5, 5.41) is 16.1. The zero-order valence-corrected chi connectivity index (χ0v) is 16.7. The first-order valence-electron chi connectivity index (χ1n) is 8.74. The average molecular weight is 408 g/mol. The van der Waals surface area contributed by atoms with Crippen molar-refractivity contribution in [3.05, 3.63) is 85.8 Å². The number of methoxy groups -OCH3 is 1. The first kappa shape index (κ1) is 20.2. The summed E-state index contributed by atoms with van der Waals surface area (Å²) >= 11 is 5.90. The first-order valence-corrected chi connectivity index (χ1v) is 9.12. The van der Waals surface area contributed by atoms with E-state index in [2.05, 4.69) is 10.2 Å². The Morgan fingerprint density at radius 1 is 1.17 bits per heavy atom. The van der Waals surface area contributed by atoms with E-state index in [0.29, 0.717) is 34.4 Å². The minimum atomic E-state index is -0.494. The molecule has 1 aromatic heterocycles. The van der Waals surface area contributed by atoms with E-state index >= 15 is 0 Å². The lowest BCUT2D eigenvalue weighted by Gasteiger charge is -2.11. The average Bonchev–Trinajstić information content (AvgIpc) is 2.73. The second-order valence-electron chi connectivity index (χ2n) is 6.21. The van der Waals surface area contributed by atoms with Crippen LogP contribution >= 0.6 is 11.6 Å². The standard InChI is InChI=1S/C22H18ClN3O3/c1-14-18(12-24)22(27)26-25-19(14)9-5-15-6-10-20(21(11-15)28-2)29-13-16-3-7-17(23)8-4-16/h3-11H,13H2,1-2H3,(H,26,27). The fraction of sp³-hybridized carbons (Fsp3) is 0.136. The van der Waals surface area contributed by atoms with E-state index < -0.39 is 5.56 Å². The van der Waals surface area contributed by atoms with Crippen LogP contribution < -0.4 is 15.0 Å². The molecular weight excluding hydrogens is 390 g/mol. The maximum atomic E-state index is 11.6. The van der Waals surface area contributed by atoms with Crippen molar-refractivity contribution < 1.29 is 9.47 Å². The van der Waals surface area contributed by atoms with Crippen LogP contribution in [0.5, 0.6) is 11.5 Å². The second kappa shape index (κ2) is 9.09. The van der Waals surface area contributed by atoms with E-state index in [1.807, 2.05) is 54.6 Å². The molecule has 29 heavy (non-hydrogen) atoms. The van der Waals surface area contributed by atoms with Gasteiger partial charge in [-0.3, -0.25) is 4.79 Å². The highest BCUT2D eigenvalue weighted by molar-refractivity contribution is 6.30. The van der Waals surface area contributed by atoms with Gasteiger partial charge in [-0.2, -0.15) is 10.4 Å². The second-order valence-corrected chi connectivity index (χ2v) is 6.64. The summed E-state index contributed by atoms with van der Waals surface area (Å²) in [4.78, 5) is 11.6. The number of benzene rings is 2. The van der Waals surface area contributed by atoms with Crippen LogP contribution in [0.1, 0.15) is 27.9 Å². The number of hydrogen-bond acceptors (Lipinski definition) is 5. The van der Waals surface area contributed by atoms with Crippen molar-refractivity contribution in [3.63, 3.8) is 0 Å². The van der Waals surface area contributed by atoms with Gasteiger partial charge in [0.15, 0.2) is 11.5 Å². The van der Waals surface area contributed by atoms with Crippen molar-refractivity contribution in [2.45, 2.75) is 13.5 Å². The molecule has 0 aliphatic carbocycles. The summed E-state index contributed by atoms with van der Waals surface area (Å²) in [6.07, 6.45) is 3.55. The highest BCUT2D eigenvalue weighted by atomic mass is 35.5. The van der Waals surface area contributed by atoms with E-state index in [1.165, 1.54) is 0 Å². The number of nitriles is 1. The molecule has 1 heterocycles. The van der Waals surface area contributed by atoms with E-state index in [0.717, 1.165) is 11.1 Å². The molecule has 0 fully saturated rings. The van der Waals surface area contributed by atoms with E-state index in [-0.39, 0.29) is 5.56 Å². The smallest absolute Gasteiger partial charge is 0.282 e. The van der Waals surface area contributed by atoms with Crippen molar-refractivity contribution in [1.29, 1.82) is 5.26 Å². The number of aromatic nitrogens is 2. The lowest BCUT2D eigenvalue weighted by molar-refractivity contribution is 0.284. The van der Waals surface area contributed by atoms with Crippen molar-refractivity contribution in [2.24, 2.45) is 0 Å². The Labute approximate surface area is 173 Å². The number of nitrogens with zero attached hydrogens (tertiary/aromatic N) is 2. The summed E-state index contributed by atoms with van der Waals surface area (Å²) in [6.45, 7) is 2.08. The number of hydrogen-bond donors (Lipinski definition) is 1. The molecule has 3 aromatic rings. The summed E-state index contributed by atoms with van der Waals surface area (Å²) in [5.41, 5.74) is 2.46. The molecule has 0 radical (unpaired) electrons. The maximum Gasteiger partial charge on any atom is 0.282 e. The first-order chi connectivity index (χ1) is 14.0. The Bertz CT molecular complexity index is 1150. The lowest BCUT2D eigenvalue weighted by atomic mass is 10.1. The van der Waals surface area contributed by atoms with Crippen LogP contribution in [-0.2, 0) is 6.61 Å². The molecule has 2 aromatic carbocycles. The number of H-pyrrole nitrogens is 1. The molecule has 0 saturated carbocycles. The number of rotatable bonds is 6. The molecule has 0 atom stereocenters. The lowest BCUT2D eigenvalue weighted by Crippen LogP contribution is -2.15. The molecule has 0 spiro atoms.